The normalized spacial score (nSPS) is 15.4. The van der Waals surface area contributed by atoms with E-state index in [0.29, 0.717) is 18.1 Å². The van der Waals surface area contributed by atoms with E-state index in [4.69, 9.17) is 4.52 Å². The fraction of sp³-hybridized carbons (Fsp3) is 0.333. The van der Waals surface area contributed by atoms with Gasteiger partial charge in [0.2, 0.25) is 5.89 Å². The average molecular weight is 207 g/mol. The van der Waals surface area contributed by atoms with Gasteiger partial charge in [-0.1, -0.05) is 5.16 Å². The molecule has 6 nitrogen and oxygen atoms in total. The lowest BCUT2D eigenvalue weighted by atomic mass is 10.4. The topological polar surface area (TPSA) is 76.3 Å². The van der Waals surface area contributed by atoms with Crippen molar-refractivity contribution in [1.82, 2.24) is 15.0 Å². The Balaban J connectivity index is 1.94. The van der Waals surface area contributed by atoms with E-state index >= 15 is 0 Å². The Morgan fingerprint density at radius 2 is 2.00 bits per heavy atom. The predicted molar refractivity (Wildman–Crippen MR) is 48.6 cm³/mol. The van der Waals surface area contributed by atoms with Crippen LogP contribution in [0.4, 0.5) is 0 Å². The lowest BCUT2D eigenvalue weighted by Gasteiger charge is -2.11. The van der Waals surface area contributed by atoms with E-state index < -0.39 is 0 Å². The van der Waals surface area contributed by atoms with E-state index in [0.717, 1.165) is 4.90 Å². The molecule has 0 aliphatic carbocycles. The third kappa shape index (κ3) is 1.93. The van der Waals surface area contributed by atoms with Crippen LogP contribution in [0.2, 0.25) is 0 Å². The maximum absolute atomic E-state index is 11.2. The van der Waals surface area contributed by atoms with Gasteiger partial charge in [0.25, 0.3) is 11.8 Å². The third-order valence-corrected chi connectivity index (χ3v) is 2.02. The summed E-state index contributed by atoms with van der Waals surface area (Å²) in [7, 11) is 0. The first-order valence-electron chi connectivity index (χ1n) is 4.49. The van der Waals surface area contributed by atoms with Gasteiger partial charge < -0.3 is 4.52 Å². The minimum atomic E-state index is -0.295. The third-order valence-electron chi connectivity index (χ3n) is 2.02. The number of carbonyl (C=O) groups excluding carboxylic acids is 2. The number of aryl methyl sites for hydroxylation is 1. The fourth-order valence-electron chi connectivity index (χ4n) is 1.30. The lowest BCUT2D eigenvalue weighted by molar-refractivity contribution is -0.136. The van der Waals surface area contributed by atoms with Crippen LogP contribution in [0.3, 0.4) is 0 Å². The van der Waals surface area contributed by atoms with Gasteiger partial charge in [0.15, 0.2) is 5.82 Å². The molecule has 2 rings (SSSR count). The molecule has 2 heterocycles. The van der Waals surface area contributed by atoms with E-state index in [-0.39, 0.29) is 18.4 Å². The SMILES string of the molecule is Cc1noc(CCN2C(=O)C=CC2=O)n1. The second-order valence-electron chi connectivity index (χ2n) is 3.15. The molecule has 1 aromatic heterocycles. The van der Waals surface area contributed by atoms with Crippen LogP contribution in [0.15, 0.2) is 16.7 Å². The standard InChI is InChI=1S/C9H9N3O3/c1-6-10-7(15-11-6)4-5-12-8(13)2-3-9(12)14/h2-3H,4-5H2,1H3. The number of carbonyl (C=O) groups is 2. The molecule has 0 aromatic carbocycles. The Kier molecular flexibility index (Phi) is 2.32. The average Bonchev–Trinajstić information content (AvgIpc) is 2.73. The minimum Gasteiger partial charge on any atom is -0.339 e. The van der Waals surface area contributed by atoms with Crippen LogP contribution < -0.4 is 0 Å². The molecule has 0 unspecified atom stereocenters. The van der Waals surface area contributed by atoms with Gasteiger partial charge in [-0.3, -0.25) is 14.5 Å². The van der Waals surface area contributed by atoms with Crippen molar-refractivity contribution in [1.29, 1.82) is 0 Å². The quantitative estimate of drug-likeness (QED) is 0.644. The summed E-state index contributed by atoms with van der Waals surface area (Å²) >= 11 is 0. The van der Waals surface area contributed by atoms with Crippen LogP contribution in [0.5, 0.6) is 0 Å². The minimum absolute atomic E-state index is 0.270. The predicted octanol–water partition coefficient (Wildman–Crippen LogP) is -0.154. The Labute approximate surface area is 85.6 Å². The molecule has 2 amide bonds. The molecule has 0 atom stereocenters. The van der Waals surface area contributed by atoms with Crippen molar-refractivity contribution in [3.63, 3.8) is 0 Å². The van der Waals surface area contributed by atoms with Gasteiger partial charge in [-0.25, -0.2) is 0 Å². The van der Waals surface area contributed by atoms with E-state index in [1.807, 2.05) is 0 Å². The van der Waals surface area contributed by atoms with E-state index in [9.17, 15) is 9.59 Å². The summed E-state index contributed by atoms with van der Waals surface area (Å²) in [6.07, 6.45) is 2.89. The summed E-state index contributed by atoms with van der Waals surface area (Å²) in [6.45, 7) is 1.98. The van der Waals surface area contributed by atoms with Crippen LogP contribution in [0.1, 0.15) is 11.7 Å². The van der Waals surface area contributed by atoms with Crippen LogP contribution in [0, 0.1) is 6.92 Å². The number of imide groups is 1. The van der Waals surface area contributed by atoms with Crippen LogP contribution >= 0.6 is 0 Å². The van der Waals surface area contributed by atoms with Crippen LogP contribution in [0.25, 0.3) is 0 Å². The highest BCUT2D eigenvalue weighted by atomic mass is 16.5. The zero-order chi connectivity index (χ0) is 10.8. The summed E-state index contributed by atoms with van der Waals surface area (Å²) in [6, 6.07) is 0. The molecule has 1 aliphatic rings. The highest BCUT2D eigenvalue weighted by Gasteiger charge is 2.23. The number of hydrogen-bond donors (Lipinski definition) is 0. The molecule has 6 heteroatoms. The zero-order valence-corrected chi connectivity index (χ0v) is 8.14. The lowest BCUT2D eigenvalue weighted by Crippen LogP contribution is -2.31. The molecule has 0 bridgehead atoms. The van der Waals surface area contributed by atoms with Gasteiger partial charge in [0.05, 0.1) is 0 Å². The molecule has 0 fully saturated rings. The van der Waals surface area contributed by atoms with E-state index in [1.165, 1.54) is 12.2 Å². The molecule has 0 spiro atoms. The summed E-state index contributed by atoms with van der Waals surface area (Å²) in [5.74, 6) is 0.384. The number of rotatable bonds is 3. The molecule has 78 valence electrons. The van der Waals surface area contributed by atoms with Crippen LogP contribution in [-0.2, 0) is 16.0 Å². The Morgan fingerprint density at radius 1 is 1.33 bits per heavy atom. The van der Waals surface area contributed by atoms with Gasteiger partial charge in [0.1, 0.15) is 0 Å². The zero-order valence-electron chi connectivity index (χ0n) is 8.14. The Bertz CT molecular complexity index is 418. The summed E-state index contributed by atoms with van der Waals surface area (Å²) < 4.78 is 4.86. The smallest absolute Gasteiger partial charge is 0.253 e. The highest BCUT2D eigenvalue weighted by Crippen LogP contribution is 2.05. The van der Waals surface area contributed by atoms with Crippen molar-refractivity contribution < 1.29 is 14.1 Å². The largest absolute Gasteiger partial charge is 0.339 e. The van der Waals surface area contributed by atoms with Crippen LogP contribution in [-0.4, -0.2) is 33.4 Å². The molecule has 15 heavy (non-hydrogen) atoms. The van der Waals surface area contributed by atoms with Crippen molar-refractivity contribution in [3.05, 3.63) is 23.9 Å². The molecule has 0 saturated heterocycles. The molecule has 1 aromatic rings. The van der Waals surface area contributed by atoms with E-state index in [1.54, 1.807) is 6.92 Å². The van der Waals surface area contributed by atoms with Crippen molar-refractivity contribution in [2.24, 2.45) is 0 Å². The van der Waals surface area contributed by atoms with Gasteiger partial charge in [-0.05, 0) is 6.92 Å². The number of amides is 2. The van der Waals surface area contributed by atoms with Gasteiger partial charge in [0, 0.05) is 25.1 Å². The van der Waals surface area contributed by atoms with E-state index in [2.05, 4.69) is 10.1 Å². The maximum Gasteiger partial charge on any atom is 0.253 e. The fourth-order valence-corrected chi connectivity index (χ4v) is 1.30. The number of nitrogens with zero attached hydrogens (tertiary/aromatic N) is 3. The number of aromatic nitrogens is 2. The molecule has 0 saturated carbocycles. The molecule has 0 N–H and O–H groups in total. The summed E-state index contributed by atoms with van der Waals surface area (Å²) in [4.78, 5) is 27.4. The second-order valence-corrected chi connectivity index (χ2v) is 3.15. The molecular formula is C9H9N3O3. The first-order valence-corrected chi connectivity index (χ1v) is 4.49. The molecule has 0 radical (unpaired) electrons. The highest BCUT2D eigenvalue weighted by molar-refractivity contribution is 6.12. The van der Waals surface area contributed by atoms with Gasteiger partial charge >= 0.3 is 0 Å². The Morgan fingerprint density at radius 3 is 2.53 bits per heavy atom. The molecule has 1 aliphatic heterocycles. The number of hydrogen-bond acceptors (Lipinski definition) is 5. The van der Waals surface area contributed by atoms with Crippen molar-refractivity contribution in [3.8, 4) is 0 Å². The van der Waals surface area contributed by atoms with Gasteiger partial charge in [-0.2, -0.15) is 4.98 Å². The Hall–Kier alpha value is -1.98. The molecular weight excluding hydrogens is 198 g/mol. The van der Waals surface area contributed by atoms with Gasteiger partial charge in [-0.15, -0.1) is 0 Å². The monoisotopic (exact) mass is 207 g/mol. The maximum atomic E-state index is 11.2. The summed E-state index contributed by atoms with van der Waals surface area (Å²) in [5.41, 5.74) is 0. The first-order chi connectivity index (χ1) is 7.16. The van der Waals surface area contributed by atoms with Crippen molar-refractivity contribution in [2.45, 2.75) is 13.3 Å². The van der Waals surface area contributed by atoms with Crippen molar-refractivity contribution >= 4 is 11.8 Å². The first kappa shape index (κ1) is 9.57. The van der Waals surface area contributed by atoms with Crippen molar-refractivity contribution in [2.75, 3.05) is 6.54 Å². The second kappa shape index (κ2) is 3.64. The summed E-state index contributed by atoms with van der Waals surface area (Å²) in [5, 5.41) is 3.61.